The van der Waals surface area contributed by atoms with Crippen LogP contribution in [-0.4, -0.2) is 46.0 Å². The van der Waals surface area contributed by atoms with Crippen LogP contribution in [0.3, 0.4) is 0 Å². The monoisotopic (exact) mass is 482 g/mol. The molecule has 0 unspecified atom stereocenters. The third-order valence-electron chi connectivity index (χ3n) is 5.94. The summed E-state index contributed by atoms with van der Waals surface area (Å²) in [5.41, 5.74) is 1.95. The third kappa shape index (κ3) is 5.44. The lowest BCUT2D eigenvalue weighted by Crippen LogP contribution is -2.43. The van der Waals surface area contributed by atoms with Crippen LogP contribution in [0.1, 0.15) is 38.7 Å². The number of hydrogen-bond acceptors (Lipinski definition) is 7. The minimum Gasteiger partial charge on any atom is -0.356 e. The van der Waals surface area contributed by atoms with Crippen LogP contribution in [0.15, 0.2) is 35.4 Å². The van der Waals surface area contributed by atoms with Crippen molar-refractivity contribution in [2.24, 2.45) is 5.92 Å². The molecule has 10 heteroatoms. The first-order valence-corrected chi connectivity index (χ1v) is 12.6. The molecule has 34 heavy (non-hydrogen) atoms. The standard InChI is InChI=1S/C24H30N6O3S/c1-3-11-25-22(32)17-6-5-12-29(13-17)24-28-21-20(34-24)23(33)30(15-26-21)14-19(31)27-18-9-7-16(4-2)8-10-18/h7-10,15,17H,3-6,11-14H2,1-2H3,(H,25,32)(H,27,31)/t17-/m1/s1. The van der Waals surface area contributed by atoms with Crippen molar-refractivity contribution >= 4 is 44.3 Å². The first-order valence-electron chi connectivity index (χ1n) is 11.8. The summed E-state index contributed by atoms with van der Waals surface area (Å²) in [5, 5.41) is 6.48. The van der Waals surface area contributed by atoms with E-state index in [4.69, 9.17) is 0 Å². The highest BCUT2D eigenvalue weighted by molar-refractivity contribution is 7.22. The second-order valence-corrected chi connectivity index (χ2v) is 9.48. The van der Waals surface area contributed by atoms with E-state index in [1.165, 1.54) is 27.8 Å². The van der Waals surface area contributed by atoms with Crippen LogP contribution in [0.2, 0.25) is 0 Å². The molecule has 0 saturated carbocycles. The van der Waals surface area contributed by atoms with Gasteiger partial charge in [-0.05, 0) is 43.4 Å². The Morgan fingerprint density at radius 3 is 2.74 bits per heavy atom. The van der Waals surface area contributed by atoms with E-state index in [-0.39, 0.29) is 29.8 Å². The van der Waals surface area contributed by atoms with Crippen molar-refractivity contribution in [3.63, 3.8) is 0 Å². The van der Waals surface area contributed by atoms with Gasteiger partial charge in [-0.25, -0.2) is 4.98 Å². The smallest absolute Gasteiger partial charge is 0.273 e. The number of amides is 2. The van der Waals surface area contributed by atoms with Crippen molar-refractivity contribution in [2.45, 2.75) is 46.1 Å². The number of aromatic nitrogens is 3. The average Bonchev–Trinajstić information content (AvgIpc) is 3.30. The molecule has 4 rings (SSSR count). The number of hydrogen-bond donors (Lipinski definition) is 2. The van der Waals surface area contributed by atoms with E-state index in [0.717, 1.165) is 32.2 Å². The van der Waals surface area contributed by atoms with Crippen molar-refractivity contribution in [1.82, 2.24) is 19.9 Å². The quantitative estimate of drug-likeness (QED) is 0.511. The van der Waals surface area contributed by atoms with Crippen LogP contribution >= 0.6 is 11.3 Å². The molecule has 180 valence electrons. The number of nitrogens with one attached hydrogen (secondary N) is 2. The summed E-state index contributed by atoms with van der Waals surface area (Å²) in [7, 11) is 0. The first kappa shape index (κ1) is 23.9. The molecular formula is C24H30N6O3S. The third-order valence-corrected chi connectivity index (χ3v) is 7.04. The number of carbonyl (C=O) groups excluding carboxylic acids is 2. The molecule has 3 heterocycles. The maximum absolute atomic E-state index is 13.0. The number of aryl methyl sites for hydroxylation is 1. The highest BCUT2D eigenvalue weighted by Gasteiger charge is 2.27. The number of fused-ring (bicyclic) bond motifs is 1. The number of benzene rings is 1. The molecular weight excluding hydrogens is 452 g/mol. The molecule has 2 aromatic heterocycles. The molecule has 0 bridgehead atoms. The van der Waals surface area contributed by atoms with Crippen LogP contribution < -0.4 is 21.1 Å². The van der Waals surface area contributed by atoms with Crippen LogP contribution in [0.5, 0.6) is 0 Å². The molecule has 0 spiro atoms. The highest BCUT2D eigenvalue weighted by atomic mass is 32.1. The molecule has 1 atom stereocenters. The highest BCUT2D eigenvalue weighted by Crippen LogP contribution is 2.29. The summed E-state index contributed by atoms with van der Waals surface area (Å²) in [6.45, 7) is 6.00. The Morgan fingerprint density at radius 2 is 2.00 bits per heavy atom. The van der Waals surface area contributed by atoms with Gasteiger partial charge in [-0.3, -0.25) is 19.0 Å². The summed E-state index contributed by atoms with van der Waals surface area (Å²) < 4.78 is 1.72. The van der Waals surface area contributed by atoms with Gasteiger partial charge in [0.15, 0.2) is 10.8 Å². The van der Waals surface area contributed by atoms with Gasteiger partial charge in [0.05, 0.1) is 5.92 Å². The number of rotatable bonds is 8. The predicted octanol–water partition coefficient (Wildman–Crippen LogP) is 2.80. The maximum Gasteiger partial charge on any atom is 0.273 e. The molecule has 1 aliphatic heterocycles. The fourth-order valence-corrected chi connectivity index (χ4v) is 5.02. The van der Waals surface area contributed by atoms with E-state index in [0.29, 0.717) is 34.3 Å². The van der Waals surface area contributed by atoms with Crippen molar-refractivity contribution in [2.75, 3.05) is 29.9 Å². The zero-order chi connectivity index (χ0) is 24.1. The Kier molecular flexibility index (Phi) is 7.56. The Morgan fingerprint density at radius 1 is 1.21 bits per heavy atom. The molecule has 1 saturated heterocycles. The summed E-state index contributed by atoms with van der Waals surface area (Å²) in [5.74, 6) is -0.315. The van der Waals surface area contributed by atoms with Gasteiger partial charge in [-0.1, -0.05) is 37.3 Å². The van der Waals surface area contributed by atoms with Gasteiger partial charge >= 0.3 is 0 Å². The summed E-state index contributed by atoms with van der Waals surface area (Å²) in [4.78, 5) is 48.8. The van der Waals surface area contributed by atoms with Crippen LogP contribution in [0.4, 0.5) is 10.8 Å². The second-order valence-electron chi connectivity index (χ2n) is 8.50. The van der Waals surface area contributed by atoms with Crippen LogP contribution in [0.25, 0.3) is 10.3 Å². The topological polar surface area (TPSA) is 109 Å². The molecule has 3 aromatic rings. The average molecular weight is 483 g/mol. The Hall–Kier alpha value is -3.27. The maximum atomic E-state index is 13.0. The van der Waals surface area contributed by atoms with Crippen molar-refractivity contribution in [3.05, 3.63) is 46.5 Å². The van der Waals surface area contributed by atoms with Gasteiger partial charge in [0.1, 0.15) is 17.6 Å². The molecule has 9 nitrogen and oxygen atoms in total. The zero-order valence-electron chi connectivity index (χ0n) is 19.5. The first-order chi connectivity index (χ1) is 16.5. The van der Waals surface area contributed by atoms with E-state index in [1.54, 1.807) is 0 Å². The summed E-state index contributed by atoms with van der Waals surface area (Å²) in [6, 6.07) is 7.63. The lowest BCUT2D eigenvalue weighted by molar-refractivity contribution is -0.125. The SMILES string of the molecule is CCCNC(=O)[C@@H]1CCCN(c2nc3ncn(CC(=O)Nc4ccc(CC)cc4)c(=O)c3s2)C1. The number of thiazole rings is 1. The predicted molar refractivity (Wildman–Crippen MR) is 134 cm³/mol. The number of nitrogens with zero attached hydrogens (tertiary/aromatic N) is 4. The Balaban J connectivity index is 1.46. The van der Waals surface area contributed by atoms with Crippen LogP contribution in [-0.2, 0) is 22.6 Å². The van der Waals surface area contributed by atoms with E-state index in [1.807, 2.05) is 31.2 Å². The number of carbonyl (C=O) groups is 2. The summed E-state index contributed by atoms with van der Waals surface area (Å²) in [6.07, 6.45) is 4.93. The summed E-state index contributed by atoms with van der Waals surface area (Å²) >= 11 is 1.27. The largest absolute Gasteiger partial charge is 0.356 e. The van der Waals surface area contributed by atoms with E-state index >= 15 is 0 Å². The lowest BCUT2D eigenvalue weighted by Gasteiger charge is -2.31. The fourth-order valence-electron chi connectivity index (χ4n) is 4.02. The second kappa shape index (κ2) is 10.8. The van der Waals surface area contributed by atoms with Gasteiger partial charge in [-0.15, -0.1) is 0 Å². The van der Waals surface area contributed by atoms with Gasteiger partial charge in [0.2, 0.25) is 11.8 Å². The van der Waals surface area contributed by atoms with Gasteiger partial charge in [0.25, 0.3) is 5.56 Å². The molecule has 1 aliphatic rings. The Bertz CT molecular complexity index is 1220. The molecule has 0 radical (unpaired) electrons. The fraction of sp³-hybridized carbons (Fsp3) is 0.458. The number of piperidine rings is 1. The lowest BCUT2D eigenvalue weighted by atomic mass is 9.97. The Labute approximate surface area is 202 Å². The molecule has 2 amide bonds. The number of anilines is 2. The van der Waals surface area contributed by atoms with Gasteiger partial charge < -0.3 is 15.5 Å². The van der Waals surface area contributed by atoms with Gasteiger partial charge in [-0.2, -0.15) is 4.98 Å². The van der Waals surface area contributed by atoms with E-state index in [2.05, 4.69) is 32.4 Å². The van der Waals surface area contributed by atoms with E-state index in [9.17, 15) is 14.4 Å². The minimum atomic E-state index is -0.297. The normalized spacial score (nSPS) is 15.9. The van der Waals surface area contributed by atoms with Crippen molar-refractivity contribution in [3.8, 4) is 0 Å². The molecule has 1 fully saturated rings. The molecule has 2 N–H and O–H groups in total. The van der Waals surface area contributed by atoms with Crippen molar-refractivity contribution < 1.29 is 9.59 Å². The molecule has 0 aliphatic carbocycles. The van der Waals surface area contributed by atoms with Gasteiger partial charge in [0, 0.05) is 25.3 Å². The molecule has 1 aromatic carbocycles. The van der Waals surface area contributed by atoms with E-state index < -0.39 is 0 Å². The zero-order valence-corrected chi connectivity index (χ0v) is 20.4. The van der Waals surface area contributed by atoms with Crippen molar-refractivity contribution in [1.29, 1.82) is 0 Å². The van der Waals surface area contributed by atoms with Crippen LogP contribution in [0, 0.1) is 5.92 Å². The minimum absolute atomic E-state index is 0.0727.